The highest BCUT2D eigenvalue weighted by molar-refractivity contribution is 7.98. The summed E-state index contributed by atoms with van der Waals surface area (Å²) in [4.78, 5) is 8.77. The summed E-state index contributed by atoms with van der Waals surface area (Å²) in [5.41, 5.74) is 2.99. The van der Waals surface area contributed by atoms with Crippen LogP contribution in [0, 0.1) is 0 Å². The van der Waals surface area contributed by atoms with Gasteiger partial charge in [0, 0.05) is 41.0 Å². The Hall–Kier alpha value is -2.79. The number of benzene rings is 1. The van der Waals surface area contributed by atoms with E-state index in [1.165, 1.54) is 0 Å². The maximum Gasteiger partial charge on any atom is 0.127 e. The van der Waals surface area contributed by atoms with E-state index < -0.39 is 0 Å². The van der Waals surface area contributed by atoms with E-state index in [1.54, 1.807) is 11.8 Å². The minimum Gasteiger partial charge on any atom is -0.261 e. The molecule has 0 aliphatic rings. The normalized spacial score (nSPS) is 10.9. The lowest BCUT2D eigenvalue weighted by atomic mass is 10.1. The molecule has 0 aliphatic carbocycles. The van der Waals surface area contributed by atoms with Gasteiger partial charge in [0.1, 0.15) is 5.03 Å². The van der Waals surface area contributed by atoms with Crippen LogP contribution in [-0.2, 0) is 12.2 Å². The molecule has 0 unspecified atom stereocenters. The van der Waals surface area contributed by atoms with Crippen molar-refractivity contribution in [2.75, 3.05) is 0 Å². The average Bonchev–Trinajstić information content (AvgIpc) is 2.69. The molecule has 0 aliphatic heterocycles. The summed E-state index contributed by atoms with van der Waals surface area (Å²) in [5, 5.41) is 12.2. The molecule has 0 radical (unpaired) electrons. The Labute approximate surface area is 150 Å². The van der Waals surface area contributed by atoms with Gasteiger partial charge in [0.25, 0.3) is 0 Å². The quantitative estimate of drug-likeness (QED) is 0.505. The van der Waals surface area contributed by atoms with Crippen LogP contribution in [0.2, 0.25) is 0 Å². The highest BCUT2D eigenvalue weighted by atomic mass is 32.2. The molecule has 4 rings (SSSR count). The van der Waals surface area contributed by atoms with Gasteiger partial charge in [-0.3, -0.25) is 9.97 Å². The molecule has 4 aromatic rings. The lowest BCUT2D eigenvalue weighted by Gasteiger charge is -2.08. The van der Waals surface area contributed by atoms with Crippen LogP contribution >= 0.6 is 11.8 Å². The molecule has 4 nitrogen and oxygen atoms in total. The van der Waals surface area contributed by atoms with Crippen molar-refractivity contribution in [3.05, 3.63) is 90.1 Å². The summed E-state index contributed by atoms with van der Waals surface area (Å²) in [5.74, 6) is 0.777. The SMILES string of the molecule is c1ccc(CSc2nnc(Cc3ccccn3)c3ccccc23)nc1. The van der Waals surface area contributed by atoms with E-state index >= 15 is 0 Å². The predicted octanol–water partition coefficient (Wildman–Crippen LogP) is 4.30. The lowest BCUT2D eigenvalue weighted by molar-refractivity contribution is 0.885. The fourth-order valence-corrected chi connectivity index (χ4v) is 3.56. The predicted molar refractivity (Wildman–Crippen MR) is 100 cm³/mol. The minimum atomic E-state index is 0.680. The van der Waals surface area contributed by atoms with Crippen LogP contribution in [0.5, 0.6) is 0 Å². The van der Waals surface area contributed by atoms with Gasteiger partial charge in [-0.15, -0.1) is 5.10 Å². The van der Waals surface area contributed by atoms with Gasteiger partial charge in [-0.05, 0) is 24.3 Å². The zero-order chi connectivity index (χ0) is 16.9. The molecule has 0 saturated heterocycles. The monoisotopic (exact) mass is 344 g/mol. The number of thioether (sulfide) groups is 1. The zero-order valence-corrected chi connectivity index (χ0v) is 14.4. The third kappa shape index (κ3) is 3.67. The Bertz CT molecular complexity index is 974. The summed E-state index contributed by atoms with van der Waals surface area (Å²) < 4.78 is 0. The topological polar surface area (TPSA) is 51.6 Å². The number of hydrogen-bond acceptors (Lipinski definition) is 5. The summed E-state index contributed by atoms with van der Waals surface area (Å²) in [6.07, 6.45) is 4.30. The molecule has 25 heavy (non-hydrogen) atoms. The van der Waals surface area contributed by atoms with Crippen molar-refractivity contribution >= 4 is 22.5 Å². The maximum absolute atomic E-state index is 4.48. The van der Waals surface area contributed by atoms with Gasteiger partial charge in [0.15, 0.2) is 0 Å². The third-order valence-corrected chi connectivity index (χ3v) is 4.90. The Kier molecular flexibility index (Phi) is 4.65. The van der Waals surface area contributed by atoms with Gasteiger partial charge in [-0.25, -0.2) is 0 Å². The van der Waals surface area contributed by atoms with Crippen LogP contribution in [0.4, 0.5) is 0 Å². The fraction of sp³-hybridized carbons (Fsp3) is 0.100. The Balaban J connectivity index is 1.64. The molecule has 0 spiro atoms. The minimum absolute atomic E-state index is 0.680. The van der Waals surface area contributed by atoms with Gasteiger partial charge in [0.2, 0.25) is 0 Å². The van der Waals surface area contributed by atoms with Crippen molar-refractivity contribution in [2.45, 2.75) is 17.2 Å². The second-order valence-electron chi connectivity index (χ2n) is 5.61. The smallest absolute Gasteiger partial charge is 0.127 e. The van der Waals surface area contributed by atoms with Crippen molar-refractivity contribution in [3.63, 3.8) is 0 Å². The Morgan fingerprint density at radius 3 is 2.08 bits per heavy atom. The Morgan fingerprint density at radius 2 is 1.36 bits per heavy atom. The van der Waals surface area contributed by atoms with Crippen molar-refractivity contribution in [3.8, 4) is 0 Å². The first-order valence-corrected chi connectivity index (χ1v) is 9.05. The zero-order valence-electron chi connectivity index (χ0n) is 13.5. The first kappa shape index (κ1) is 15.7. The molecular weight excluding hydrogens is 328 g/mol. The fourth-order valence-electron chi connectivity index (χ4n) is 2.67. The van der Waals surface area contributed by atoms with Crippen LogP contribution < -0.4 is 0 Å². The second kappa shape index (κ2) is 7.40. The average molecular weight is 344 g/mol. The molecule has 0 N–H and O–H groups in total. The standard InChI is InChI=1S/C20H16N4S/c1-2-10-18-17(9-1)19(13-15-7-3-5-11-21-15)23-24-20(18)25-14-16-8-4-6-12-22-16/h1-12H,13-14H2. The summed E-state index contributed by atoms with van der Waals surface area (Å²) in [6.45, 7) is 0. The molecule has 1 aromatic carbocycles. The van der Waals surface area contributed by atoms with Crippen molar-refractivity contribution in [1.82, 2.24) is 20.2 Å². The van der Waals surface area contributed by atoms with Crippen molar-refractivity contribution < 1.29 is 0 Å². The summed E-state index contributed by atoms with van der Waals surface area (Å²) in [6, 6.07) is 20.2. The van der Waals surface area contributed by atoms with Gasteiger partial charge in [0.05, 0.1) is 11.4 Å². The molecular formula is C20H16N4S. The number of fused-ring (bicyclic) bond motifs is 1. The van der Waals surface area contributed by atoms with Gasteiger partial charge in [-0.2, -0.15) is 5.10 Å². The molecule has 0 fully saturated rings. The van der Waals surface area contributed by atoms with Gasteiger partial charge < -0.3 is 0 Å². The second-order valence-corrected chi connectivity index (χ2v) is 6.57. The molecule has 3 aromatic heterocycles. The van der Waals surface area contributed by atoms with E-state index in [4.69, 9.17) is 0 Å². The first-order valence-electron chi connectivity index (χ1n) is 8.07. The van der Waals surface area contributed by atoms with Crippen molar-refractivity contribution in [1.29, 1.82) is 0 Å². The van der Waals surface area contributed by atoms with Crippen LogP contribution in [0.25, 0.3) is 10.8 Å². The van der Waals surface area contributed by atoms with Crippen LogP contribution in [0.3, 0.4) is 0 Å². The van der Waals surface area contributed by atoms with E-state index in [9.17, 15) is 0 Å². The molecule has 0 bridgehead atoms. The number of hydrogen-bond donors (Lipinski definition) is 0. The van der Waals surface area contributed by atoms with E-state index in [1.807, 2.05) is 60.9 Å². The first-order chi connectivity index (χ1) is 12.4. The van der Waals surface area contributed by atoms with Crippen LogP contribution in [-0.4, -0.2) is 20.2 Å². The Morgan fingerprint density at radius 1 is 0.680 bits per heavy atom. The third-order valence-electron chi connectivity index (χ3n) is 3.89. The molecule has 5 heteroatoms. The maximum atomic E-state index is 4.48. The van der Waals surface area contributed by atoms with Gasteiger partial charge in [-0.1, -0.05) is 48.2 Å². The van der Waals surface area contributed by atoms with Crippen LogP contribution in [0.15, 0.2) is 78.1 Å². The number of nitrogens with zero attached hydrogens (tertiary/aromatic N) is 4. The molecule has 0 amide bonds. The summed E-state index contributed by atoms with van der Waals surface area (Å²) in [7, 11) is 0. The molecule has 0 saturated carbocycles. The van der Waals surface area contributed by atoms with E-state index in [0.29, 0.717) is 6.42 Å². The molecule has 0 atom stereocenters. The summed E-state index contributed by atoms with van der Waals surface area (Å²) >= 11 is 1.67. The highest BCUT2D eigenvalue weighted by Gasteiger charge is 2.11. The number of aromatic nitrogens is 4. The molecule has 3 heterocycles. The van der Waals surface area contributed by atoms with E-state index in [0.717, 1.165) is 38.6 Å². The van der Waals surface area contributed by atoms with Gasteiger partial charge >= 0.3 is 0 Å². The number of pyridine rings is 2. The highest BCUT2D eigenvalue weighted by Crippen LogP contribution is 2.29. The number of rotatable bonds is 5. The van der Waals surface area contributed by atoms with Crippen LogP contribution in [0.1, 0.15) is 17.1 Å². The molecule has 122 valence electrons. The van der Waals surface area contributed by atoms with E-state index in [-0.39, 0.29) is 0 Å². The van der Waals surface area contributed by atoms with Crippen molar-refractivity contribution in [2.24, 2.45) is 0 Å². The lowest BCUT2D eigenvalue weighted by Crippen LogP contribution is -2.00. The largest absolute Gasteiger partial charge is 0.261 e. The van der Waals surface area contributed by atoms with E-state index in [2.05, 4.69) is 32.3 Å².